The van der Waals surface area contributed by atoms with Gasteiger partial charge in [-0.15, -0.1) is 13.2 Å². The zero-order chi connectivity index (χ0) is 31.0. The molecule has 2 bridgehead atoms. The van der Waals surface area contributed by atoms with Crippen molar-refractivity contribution in [2.45, 2.75) is 96.2 Å². The molecule has 8 nitrogen and oxygen atoms in total. The molecule has 1 aromatic rings. The van der Waals surface area contributed by atoms with Gasteiger partial charge in [-0.2, -0.15) is 0 Å². The lowest BCUT2D eigenvalue weighted by atomic mass is 9.66. The first-order valence-electron chi connectivity index (χ1n) is 15.2. The molecule has 2 unspecified atom stereocenters. The van der Waals surface area contributed by atoms with Crippen molar-refractivity contribution in [3.05, 3.63) is 61.2 Å². The van der Waals surface area contributed by atoms with Gasteiger partial charge in [0.05, 0.1) is 30.1 Å². The number of likely N-dealkylation sites (tertiary alicyclic amines) is 1. The lowest BCUT2D eigenvalue weighted by molar-refractivity contribution is -0.159. The van der Waals surface area contributed by atoms with E-state index in [0.717, 1.165) is 5.56 Å². The number of hydrogen-bond acceptors (Lipinski definition) is 5. The quantitative estimate of drug-likeness (QED) is 0.375. The Kier molecular flexibility index (Phi) is 9.10. The Balaban J connectivity index is 1.82. The molecule has 0 aromatic heterocycles. The predicted molar refractivity (Wildman–Crippen MR) is 163 cm³/mol. The summed E-state index contributed by atoms with van der Waals surface area (Å²) >= 11 is 0. The number of aliphatic hydroxyl groups is 1. The van der Waals surface area contributed by atoms with E-state index in [1.807, 2.05) is 71.9 Å². The minimum Gasteiger partial charge on any atom is -0.394 e. The smallest absolute Gasteiger partial charge is 0.249 e. The molecule has 3 saturated heterocycles. The molecule has 3 fully saturated rings. The van der Waals surface area contributed by atoms with Gasteiger partial charge in [-0.1, -0.05) is 56.3 Å². The van der Waals surface area contributed by atoms with Crippen LogP contribution in [0.1, 0.15) is 66.4 Å². The Hall–Kier alpha value is -2.97. The number of hydrogen-bond donors (Lipinski definition) is 1. The van der Waals surface area contributed by atoms with Crippen molar-refractivity contribution in [3.63, 3.8) is 0 Å². The highest BCUT2D eigenvalue weighted by atomic mass is 16.5. The SMILES string of the molecule is C=CCN(Cc1ccccc1)C(=O)[C@@H]1[C@H]2C(=O)N([C@@H](CO)CC(C)C)C(C(=O)N(CC=C)C(C)(C)C)C23CC[C@@]1(C)O3. The van der Waals surface area contributed by atoms with Crippen LogP contribution in [0.4, 0.5) is 0 Å². The van der Waals surface area contributed by atoms with Gasteiger partial charge in [0, 0.05) is 25.2 Å². The van der Waals surface area contributed by atoms with E-state index in [-0.39, 0.29) is 30.2 Å². The van der Waals surface area contributed by atoms with Gasteiger partial charge in [0.15, 0.2) is 0 Å². The van der Waals surface area contributed by atoms with Gasteiger partial charge in [0.2, 0.25) is 17.7 Å². The van der Waals surface area contributed by atoms with Crippen LogP contribution < -0.4 is 0 Å². The van der Waals surface area contributed by atoms with E-state index in [0.29, 0.717) is 38.9 Å². The third-order valence-corrected chi connectivity index (χ3v) is 9.33. The number of carbonyl (C=O) groups excluding carboxylic acids is 3. The first-order valence-corrected chi connectivity index (χ1v) is 15.2. The van der Waals surface area contributed by atoms with Crippen molar-refractivity contribution < 1.29 is 24.2 Å². The first kappa shape index (κ1) is 32.0. The zero-order valence-electron chi connectivity index (χ0n) is 26.2. The monoisotopic (exact) mass is 579 g/mol. The molecule has 230 valence electrons. The summed E-state index contributed by atoms with van der Waals surface area (Å²) in [7, 11) is 0. The Morgan fingerprint density at radius 1 is 1.12 bits per heavy atom. The van der Waals surface area contributed by atoms with Gasteiger partial charge in [-0.05, 0) is 58.4 Å². The fraction of sp³-hybridized carbons (Fsp3) is 0.618. The molecule has 0 saturated carbocycles. The number of nitrogens with zero attached hydrogens (tertiary/aromatic N) is 3. The van der Waals surface area contributed by atoms with Crippen LogP contribution in [-0.4, -0.2) is 86.0 Å². The molecular weight excluding hydrogens is 530 g/mol. The predicted octanol–water partition coefficient (Wildman–Crippen LogP) is 4.19. The van der Waals surface area contributed by atoms with Crippen LogP contribution in [0, 0.1) is 17.8 Å². The highest BCUT2D eigenvalue weighted by molar-refractivity contribution is 5.99. The van der Waals surface area contributed by atoms with Crippen LogP contribution in [0.2, 0.25) is 0 Å². The van der Waals surface area contributed by atoms with Crippen LogP contribution in [0.25, 0.3) is 0 Å². The van der Waals surface area contributed by atoms with Crippen molar-refractivity contribution in [1.29, 1.82) is 0 Å². The van der Waals surface area contributed by atoms with Gasteiger partial charge in [-0.3, -0.25) is 14.4 Å². The topological polar surface area (TPSA) is 90.4 Å². The van der Waals surface area contributed by atoms with E-state index in [4.69, 9.17) is 4.74 Å². The summed E-state index contributed by atoms with van der Waals surface area (Å²) in [5.74, 6) is -2.09. The van der Waals surface area contributed by atoms with E-state index < -0.39 is 40.7 Å². The minimum absolute atomic E-state index is 0.169. The van der Waals surface area contributed by atoms with Crippen LogP contribution in [0.15, 0.2) is 55.6 Å². The molecule has 1 spiro atoms. The molecule has 3 aliphatic rings. The van der Waals surface area contributed by atoms with Crippen LogP contribution in [0.3, 0.4) is 0 Å². The molecule has 1 N–H and O–H groups in total. The third kappa shape index (κ3) is 5.44. The van der Waals surface area contributed by atoms with Crippen LogP contribution in [0.5, 0.6) is 0 Å². The fourth-order valence-electron chi connectivity index (χ4n) is 7.59. The van der Waals surface area contributed by atoms with Gasteiger partial charge in [0.25, 0.3) is 0 Å². The summed E-state index contributed by atoms with van der Waals surface area (Å²) in [6, 6.07) is 8.22. The molecule has 6 atom stereocenters. The number of rotatable bonds is 12. The normalized spacial score (nSPS) is 29.0. The maximum atomic E-state index is 14.6. The average molecular weight is 580 g/mol. The van der Waals surface area contributed by atoms with Crippen LogP contribution >= 0.6 is 0 Å². The fourth-order valence-corrected chi connectivity index (χ4v) is 7.59. The highest BCUT2D eigenvalue weighted by Crippen LogP contribution is 2.64. The summed E-state index contributed by atoms with van der Waals surface area (Å²) in [4.78, 5) is 48.8. The largest absolute Gasteiger partial charge is 0.394 e. The number of amides is 3. The number of carbonyl (C=O) groups is 3. The van der Waals surface area contributed by atoms with Crippen molar-refractivity contribution in [3.8, 4) is 0 Å². The molecule has 8 heteroatoms. The molecule has 3 heterocycles. The summed E-state index contributed by atoms with van der Waals surface area (Å²) in [6.07, 6.45) is 4.96. The molecule has 4 rings (SSSR count). The molecular formula is C34H49N3O5. The molecule has 1 aromatic carbocycles. The van der Waals surface area contributed by atoms with E-state index in [2.05, 4.69) is 13.2 Å². The van der Waals surface area contributed by atoms with E-state index in [9.17, 15) is 19.5 Å². The zero-order valence-corrected chi connectivity index (χ0v) is 26.2. The summed E-state index contributed by atoms with van der Waals surface area (Å²) in [5, 5.41) is 10.6. The van der Waals surface area contributed by atoms with Gasteiger partial charge in [0.1, 0.15) is 11.6 Å². The third-order valence-electron chi connectivity index (χ3n) is 9.33. The van der Waals surface area contributed by atoms with E-state index >= 15 is 0 Å². The maximum absolute atomic E-state index is 14.6. The summed E-state index contributed by atoms with van der Waals surface area (Å²) in [5.41, 5.74) is -1.62. The molecule has 0 aliphatic carbocycles. The van der Waals surface area contributed by atoms with Crippen LogP contribution in [-0.2, 0) is 25.7 Å². The molecule has 3 aliphatic heterocycles. The lowest BCUT2D eigenvalue weighted by Gasteiger charge is -2.43. The number of fused-ring (bicyclic) bond motifs is 1. The number of aliphatic hydroxyl groups excluding tert-OH is 1. The lowest BCUT2D eigenvalue weighted by Crippen LogP contribution is -2.61. The standard InChI is InChI=1S/C34H49N3O5/c1-9-18-35(21-24-14-12-11-13-15-24)29(39)26-27-30(40)37(25(22-38)20-23(3)4)28(34(27)17-16-33(26,8)42-34)31(41)36(19-10-2)32(5,6)7/h9-15,23,25-28,38H,1-2,16-22H2,3-8H3/t25-,26+,27+,28?,33-,34?/m1/s1. The maximum Gasteiger partial charge on any atom is 0.249 e. The van der Waals surface area contributed by atoms with Crippen molar-refractivity contribution in [2.24, 2.45) is 17.8 Å². The summed E-state index contributed by atoms with van der Waals surface area (Å²) in [6.45, 7) is 20.3. The summed E-state index contributed by atoms with van der Waals surface area (Å²) < 4.78 is 6.87. The van der Waals surface area contributed by atoms with Crippen molar-refractivity contribution in [1.82, 2.24) is 14.7 Å². The first-order chi connectivity index (χ1) is 19.8. The molecule has 0 radical (unpaired) electrons. The Morgan fingerprint density at radius 2 is 1.76 bits per heavy atom. The van der Waals surface area contributed by atoms with E-state index in [1.54, 1.807) is 26.9 Å². The molecule has 42 heavy (non-hydrogen) atoms. The van der Waals surface area contributed by atoms with Gasteiger partial charge >= 0.3 is 0 Å². The molecule has 3 amide bonds. The average Bonchev–Trinajstić information content (AvgIpc) is 3.50. The van der Waals surface area contributed by atoms with Crippen molar-refractivity contribution in [2.75, 3.05) is 19.7 Å². The Morgan fingerprint density at radius 3 is 2.31 bits per heavy atom. The van der Waals surface area contributed by atoms with Gasteiger partial charge < -0.3 is 24.5 Å². The minimum atomic E-state index is -1.16. The number of benzene rings is 1. The second-order valence-corrected chi connectivity index (χ2v) is 13.8. The second-order valence-electron chi connectivity index (χ2n) is 13.8. The highest BCUT2D eigenvalue weighted by Gasteiger charge is 2.79. The Bertz CT molecular complexity index is 1190. The van der Waals surface area contributed by atoms with Crippen molar-refractivity contribution >= 4 is 17.7 Å². The van der Waals surface area contributed by atoms with Gasteiger partial charge in [-0.25, -0.2) is 0 Å². The Labute approximate surface area is 251 Å². The number of ether oxygens (including phenoxy) is 1. The van der Waals surface area contributed by atoms with E-state index in [1.165, 1.54) is 0 Å². The second kappa shape index (κ2) is 12.0.